The van der Waals surface area contributed by atoms with Crippen LogP contribution in [-0.2, 0) is 6.42 Å². The number of halogens is 1. The van der Waals surface area contributed by atoms with Crippen LogP contribution in [0.5, 0.6) is 11.5 Å². The van der Waals surface area contributed by atoms with Crippen LogP contribution in [0.2, 0.25) is 0 Å². The van der Waals surface area contributed by atoms with Crippen molar-refractivity contribution in [3.05, 3.63) is 58.1 Å². The van der Waals surface area contributed by atoms with E-state index in [9.17, 15) is 4.79 Å². The van der Waals surface area contributed by atoms with E-state index in [1.807, 2.05) is 24.3 Å². The minimum absolute atomic E-state index is 0.127. The number of primary amides is 1. The lowest BCUT2D eigenvalue weighted by molar-refractivity contribution is 0.0999. The number of amides is 1. The third-order valence-electron chi connectivity index (χ3n) is 2.77. The Morgan fingerprint density at radius 3 is 2.35 bits per heavy atom. The number of carbonyl (C=O) groups excluding carboxylic acids is 1. The highest BCUT2D eigenvalue weighted by Gasteiger charge is 2.07. The molecule has 0 fully saturated rings. The SMILES string of the molecule is NC(=O)c1ccc(Oc2ccc(CCO)cc2)cc1Br. The van der Waals surface area contributed by atoms with Gasteiger partial charge in [0.2, 0.25) is 5.91 Å². The van der Waals surface area contributed by atoms with Crippen molar-refractivity contribution in [2.75, 3.05) is 6.61 Å². The molecule has 5 heteroatoms. The summed E-state index contributed by atoms with van der Waals surface area (Å²) < 4.78 is 6.28. The predicted molar refractivity (Wildman–Crippen MR) is 80.0 cm³/mol. The van der Waals surface area contributed by atoms with Crippen LogP contribution >= 0.6 is 15.9 Å². The highest BCUT2D eigenvalue weighted by molar-refractivity contribution is 9.10. The Morgan fingerprint density at radius 1 is 1.15 bits per heavy atom. The average molecular weight is 336 g/mol. The second kappa shape index (κ2) is 6.54. The molecule has 0 aliphatic heterocycles. The molecule has 2 rings (SSSR count). The number of benzene rings is 2. The fourth-order valence-electron chi connectivity index (χ4n) is 1.75. The van der Waals surface area contributed by atoms with Crippen LogP contribution in [0.25, 0.3) is 0 Å². The zero-order chi connectivity index (χ0) is 14.5. The summed E-state index contributed by atoms with van der Waals surface area (Å²) in [7, 11) is 0. The first-order valence-electron chi connectivity index (χ1n) is 6.07. The summed E-state index contributed by atoms with van der Waals surface area (Å²) in [5.74, 6) is 0.805. The largest absolute Gasteiger partial charge is 0.457 e. The fourth-order valence-corrected chi connectivity index (χ4v) is 2.30. The van der Waals surface area contributed by atoms with Crippen LogP contribution in [0.15, 0.2) is 46.9 Å². The molecule has 0 radical (unpaired) electrons. The molecule has 20 heavy (non-hydrogen) atoms. The smallest absolute Gasteiger partial charge is 0.249 e. The van der Waals surface area contributed by atoms with Crippen LogP contribution in [0.3, 0.4) is 0 Å². The molecule has 0 saturated heterocycles. The lowest BCUT2D eigenvalue weighted by Crippen LogP contribution is -2.11. The maximum Gasteiger partial charge on any atom is 0.249 e. The van der Waals surface area contributed by atoms with Gasteiger partial charge in [0.15, 0.2) is 0 Å². The Balaban J connectivity index is 2.13. The van der Waals surface area contributed by atoms with Gasteiger partial charge in [-0.25, -0.2) is 0 Å². The van der Waals surface area contributed by atoms with Crippen molar-refractivity contribution in [2.24, 2.45) is 5.73 Å². The third kappa shape index (κ3) is 3.59. The Labute approximate surface area is 125 Å². The molecular weight excluding hydrogens is 322 g/mol. The van der Waals surface area contributed by atoms with E-state index in [2.05, 4.69) is 15.9 Å². The molecule has 1 amide bonds. The maximum atomic E-state index is 11.1. The summed E-state index contributed by atoms with van der Waals surface area (Å²) in [4.78, 5) is 11.1. The first-order chi connectivity index (χ1) is 9.60. The molecule has 104 valence electrons. The number of carbonyl (C=O) groups is 1. The lowest BCUT2D eigenvalue weighted by atomic mass is 10.1. The van der Waals surface area contributed by atoms with Gasteiger partial charge in [-0.1, -0.05) is 12.1 Å². The van der Waals surface area contributed by atoms with E-state index in [0.29, 0.717) is 28.0 Å². The number of hydrogen-bond acceptors (Lipinski definition) is 3. The zero-order valence-electron chi connectivity index (χ0n) is 10.7. The van der Waals surface area contributed by atoms with E-state index in [-0.39, 0.29) is 6.61 Å². The summed E-state index contributed by atoms with van der Waals surface area (Å²) in [5.41, 5.74) is 6.69. The van der Waals surface area contributed by atoms with Gasteiger partial charge in [0.1, 0.15) is 11.5 Å². The van der Waals surface area contributed by atoms with Crippen molar-refractivity contribution in [2.45, 2.75) is 6.42 Å². The van der Waals surface area contributed by atoms with Crippen LogP contribution in [0.1, 0.15) is 15.9 Å². The number of aliphatic hydroxyl groups is 1. The number of rotatable bonds is 5. The highest BCUT2D eigenvalue weighted by Crippen LogP contribution is 2.27. The van der Waals surface area contributed by atoms with Gasteiger partial charge in [0, 0.05) is 11.1 Å². The van der Waals surface area contributed by atoms with Crippen molar-refractivity contribution in [3.63, 3.8) is 0 Å². The molecule has 2 aromatic rings. The molecule has 0 aliphatic carbocycles. The molecule has 0 aliphatic rings. The predicted octanol–water partition coefficient (Wildman–Crippen LogP) is 2.88. The van der Waals surface area contributed by atoms with Gasteiger partial charge in [-0.15, -0.1) is 0 Å². The number of hydrogen-bond donors (Lipinski definition) is 2. The van der Waals surface area contributed by atoms with Crippen molar-refractivity contribution in [1.29, 1.82) is 0 Å². The first kappa shape index (κ1) is 14.6. The summed E-state index contributed by atoms with van der Waals surface area (Å²) in [5, 5.41) is 8.85. The van der Waals surface area contributed by atoms with Gasteiger partial charge in [0.05, 0.1) is 5.56 Å². The summed E-state index contributed by atoms with van der Waals surface area (Å²) in [6.45, 7) is 0.127. The van der Waals surface area contributed by atoms with Crippen molar-refractivity contribution in [3.8, 4) is 11.5 Å². The molecule has 4 nitrogen and oxygen atoms in total. The quantitative estimate of drug-likeness (QED) is 0.882. The van der Waals surface area contributed by atoms with E-state index in [4.69, 9.17) is 15.6 Å². The van der Waals surface area contributed by atoms with Crippen molar-refractivity contribution in [1.82, 2.24) is 0 Å². The molecule has 2 aromatic carbocycles. The molecule has 0 spiro atoms. The average Bonchev–Trinajstić information content (AvgIpc) is 2.41. The van der Waals surface area contributed by atoms with Gasteiger partial charge in [-0.3, -0.25) is 4.79 Å². The van der Waals surface area contributed by atoms with Gasteiger partial charge < -0.3 is 15.6 Å². The number of aliphatic hydroxyl groups excluding tert-OH is 1. The van der Waals surface area contributed by atoms with Crippen LogP contribution in [0.4, 0.5) is 0 Å². The normalized spacial score (nSPS) is 10.3. The van der Waals surface area contributed by atoms with Gasteiger partial charge in [-0.05, 0) is 58.2 Å². The lowest BCUT2D eigenvalue weighted by Gasteiger charge is -2.08. The van der Waals surface area contributed by atoms with E-state index in [0.717, 1.165) is 5.56 Å². The minimum Gasteiger partial charge on any atom is -0.457 e. The molecule has 0 saturated carbocycles. The van der Waals surface area contributed by atoms with Crippen LogP contribution < -0.4 is 10.5 Å². The molecule has 0 heterocycles. The first-order valence-corrected chi connectivity index (χ1v) is 6.86. The van der Waals surface area contributed by atoms with Crippen LogP contribution in [0, 0.1) is 0 Å². The molecule has 0 atom stereocenters. The van der Waals surface area contributed by atoms with Gasteiger partial charge >= 0.3 is 0 Å². The zero-order valence-corrected chi connectivity index (χ0v) is 12.3. The Kier molecular flexibility index (Phi) is 4.76. The van der Waals surface area contributed by atoms with Crippen molar-refractivity contribution < 1.29 is 14.6 Å². The molecule has 0 bridgehead atoms. The second-order valence-electron chi connectivity index (χ2n) is 4.23. The maximum absolute atomic E-state index is 11.1. The van der Waals surface area contributed by atoms with Crippen LogP contribution in [-0.4, -0.2) is 17.6 Å². The second-order valence-corrected chi connectivity index (χ2v) is 5.08. The van der Waals surface area contributed by atoms with E-state index in [1.165, 1.54) is 0 Å². The molecule has 3 N–H and O–H groups in total. The highest BCUT2D eigenvalue weighted by atomic mass is 79.9. The van der Waals surface area contributed by atoms with Crippen molar-refractivity contribution >= 4 is 21.8 Å². The summed E-state index contributed by atoms with van der Waals surface area (Å²) >= 11 is 3.28. The monoisotopic (exact) mass is 335 g/mol. The number of ether oxygens (including phenoxy) is 1. The molecule has 0 unspecified atom stereocenters. The third-order valence-corrected chi connectivity index (χ3v) is 3.42. The topological polar surface area (TPSA) is 72.6 Å². The molecule has 0 aromatic heterocycles. The standard InChI is InChI=1S/C15H14BrNO3/c16-14-9-12(5-6-13(14)15(17)19)20-11-3-1-10(2-4-11)7-8-18/h1-6,9,18H,7-8H2,(H2,17,19). The Hall–Kier alpha value is -1.85. The summed E-state index contributed by atoms with van der Waals surface area (Å²) in [6.07, 6.45) is 0.624. The van der Waals surface area contributed by atoms with E-state index in [1.54, 1.807) is 18.2 Å². The fraction of sp³-hybridized carbons (Fsp3) is 0.133. The minimum atomic E-state index is -0.489. The van der Waals surface area contributed by atoms with E-state index >= 15 is 0 Å². The summed E-state index contributed by atoms with van der Waals surface area (Å²) in [6, 6.07) is 12.5. The van der Waals surface area contributed by atoms with Gasteiger partial charge in [-0.2, -0.15) is 0 Å². The van der Waals surface area contributed by atoms with E-state index < -0.39 is 5.91 Å². The Bertz CT molecular complexity index is 611. The van der Waals surface area contributed by atoms with Gasteiger partial charge in [0.25, 0.3) is 0 Å². The Morgan fingerprint density at radius 2 is 1.80 bits per heavy atom. The molecular formula is C15H14BrNO3. The number of nitrogens with two attached hydrogens (primary N) is 1.